The van der Waals surface area contributed by atoms with Crippen molar-refractivity contribution in [1.29, 1.82) is 0 Å². The van der Waals surface area contributed by atoms with Crippen molar-refractivity contribution in [2.24, 2.45) is 0 Å². The molecule has 1 N–H and O–H groups in total. The molecule has 0 spiro atoms. The van der Waals surface area contributed by atoms with Gasteiger partial charge in [0, 0.05) is 38.3 Å². The smallest absolute Gasteiger partial charge is 0.129 e. The maximum atomic E-state index is 13.6. The summed E-state index contributed by atoms with van der Waals surface area (Å²) in [5, 5.41) is 10.2. The van der Waals surface area contributed by atoms with Gasteiger partial charge >= 0.3 is 0 Å². The fourth-order valence-corrected chi connectivity index (χ4v) is 2.87. The van der Waals surface area contributed by atoms with Crippen LogP contribution in [0.2, 0.25) is 0 Å². The molecule has 0 saturated carbocycles. The van der Waals surface area contributed by atoms with E-state index >= 15 is 0 Å². The monoisotopic (exact) mass is 309 g/mol. The van der Waals surface area contributed by atoms with Crippen LogP contribution in [0.1, 0.15) is 18.1 Å². The topological polar surface area (TPSA) is 30.0 Å². The van der Waals surface area contributed by atoms with Gasteiger partial charge in [-0.05, 0) is 39.7 Å². The van der Waals surface area contributed by atoms with Crippen molar-refractivity contribution in [3.05, 3.63) is 35.6 Å². The lowest BCUT2D eigenvalue weighted by Crippen LogP contribution is -2.45. The molecule has 1 atom stereocenters. The van der Waals surface area contributed by atoms with E-state index < -0.39 is 6.10 Å². The highest BCUT2D eigenvalue weighted by molar-refractivity contribution is 5.19. The van der Waals surface area contributed by atoms with E-state index in [4.69, 9.17) is 0 Å². The molecule has 0 radical (unpaired) electrons. The third-order valence-corrected chi connectivity index (χ3v) is 4.36. The quantitative estimate of drug-likeness (QED) is 0.825. The van der Waals surface area contributed by atoms with E-state index in [-0.39, 0.29) is 5.82 Å². The van der Waals surface area contributed by atoms with Crippen molar-refractivity contribution < 1.29 is 9.50 Å². The van der Waals surface area contributed by atoms with E-state index in [0.29, 0.717) is 12.1 Å². The fourth-order valence-electron chi connectivity index (χ4n) is 2.87. The summed E-state index contributed by atoms with van der Waals surface area (Å²) >= 11 is 0. The molecule has 1 aliphatic heterocycles. The number of aliphatic hydroxyl groups excluding tert-OH is 1. The Labute approximate surface area is 133 Å². The molecule has 0 aliphatic carbocycles. The van der Waals surface area contributed by atoms with Gasteiger partial charge in [0.2, 0.25) is 0 Å². The van der Waals surface area contributed by atoms with Gasteiger partial charge in [-0.3, -0.25) is 0 Å². The van der Waals surface area contributed by atoms with Crippen LogP contribution in [0.4, 0.5) is 4.39 Å². The van der Waals surface area contributed by atoms with Crippen molar-refractivity contribution in [2.45, 2.75) is 12.5 Å². The van der Waals surface area contributed by atoms with Crippen LogP contribution in [0.3, 0.4) is 0 Å². The molecule has 22 heavy (non-hydrogen) atoms. The van der Waals surface area contributed by atoms with Crippen LogP contribution in [-0.4, -0.2) is 79.7 Å². The molecule has 1 fully saturated rings. The fraction of sp³-hybridized carbons (Fsp3) is 0.647. The van der Waals surface area contributed by atoms with Crippen molar-refractivity contribution in [1.82, 2.24) is 14.7 Å². The Morgan fingerprint density at radius 3 is 2.59 bits per heavy atom. The zero-order chi connectivity index (χ0) is 15.9. The van der Waals surface area contributed by atoms with E-state index in [0.717, 1.165) is 45.7 Å². The van der Waals surface area contributed by atoms with Crippen LogP contribution in [0, 0.1) is 5.82 Å². The van der Waals surface area contributed by atoms with Crippen molar-refractivity contribution in [2.75, 3.05) is 59.9 Å². The average molecular weight is 309 g/mol. The Hall–Kier alpha value is -1.01. The normalized spacial score (nSPS) is 18.8. The van der Waals surface area contributed by atoms with Crippen LogP contribution in [0.25, 0.3) is 0 Å². The van der Waals surface area contributed by atoms with Crippen molar-refractivity contribution >= 4 is 0 Å². The second kappa shape index (κ2) is 8.58. The van der Waals surface area contributed by atoms with Gasteiger partial charge in [0.15, 0.2) is 0 Å². The summed E-state index contributed by atoms with van der Waals surface area (Å²) in [6.45, 7) is 7.02. The summed E-state index contributed by atoms with van der Waals surface area (Å²) in [7, 11) is 4.14. The van der Waals surface area contributed by atoms with Crippen LogP contribution in [-0.2, 0) is 0 Å². The van der Waals surface area contributed by atoms with Gasteiger partial charge in [0.05, 0.1) is 6.10 Å². The number of nitrogens with zero attached hydrogens (tertiary/aromatic N) is 3. The summed E-state index contributed by atoms with van der Waals surface area (Å²) in [4.78, 5) is 6.92. The number of halogens is 1. The highest BCUT2D eigenvalue weighted by atomic mass is 19.1. The van der Waals surface area contributed by atoms with Gasteiger partial charge < -0.3 is 19.8 Å². The Morgan fingerprint density at radius 2 is 1.91 bits per heavy atom. The Balaban J connectivity index is 1.67. The van der Waals surface area contributed by atoms with Crippen LogP contribution < -0.4 is 0 Å². The molecule has 1 saturated heterocycles. The molecule has 0 amide bonds. The highest BCUT2D eigenvalue weighted by Crippen LogP contribution is 2.17. The largest absolute Gasteiger partial charge is 0.387 e. The lowest BCUT2D eigenvalue weighted by atomic mass is 10.1. The Morgan fingerprint density at radius 1 is 1.23 bits per heavy atom. The van der Waals surface area contributed by atoms with Gasteiger partial charge in [-0.2, -0.15) is 0 Å². The van der Waals surface area contributed by atoms with Gasteiger partial charge in [-0.25, -0.2) is 4.39 Å². The van der Waals surface area contributed by atoms with Gasteiger partial charge in [0.25, 0.3) is 0 Å². The minimum absolute atomic E-state index is 0.333. The summed E-state index contributed by atoms with van der Waals surface area (Å²) in [6, 6.07) is 6.45. The molecule has 4 nitrogen and oxygen atoms in total. The average Bonchev–Trinajstić information content (AvgIpc) is 2.49. The number of likely N-dealkylation sites (N-methyl/N-ethyl adjacent to an activating group) is 2. The number of hydrogen-bond acceptors (Lipinski definition) is 4. The van der Waals surface area contributed by atoms with Crippen LogP contribution >= 0.6 is 0 Å². The van der Waals surface area contributed by atoms with E-state index in [2.05, 4.69) is 21.7 Å². The Kier molecular flexibility index (Phi) is 6.76. The molecule has 5 heteroatoms. The minimum Gasteiger partial charge on any atom is -0.387 e. The molecule has 124 valence electrons. The highest BCUT2D eigenvalue weighted by Gasteiger charge is 2.16. The Bertz CT molecular complexity index is 449. The molecule has 2 rings (SSSR count). The van der Waals surface area contributed by atoms with E-state index in [1.165, 1.54) is 6.07 Å². The first-order valence-corrected chi connectivity index (χ1v) is 8.08. The van der Waals surface area contributed by atoms with Crippen LogP contribution in [0.5, 0.6) is 0 Å². The first-order chi connectivity index (χ1) is 10.6. The zero-order valence-electron chi connectivity index (χ0n) is 13.7. The standard InChI is InChI=1S/C17H28FN3O/c1-19-10-12-21(13-11-19)9-5-8-20(2)14-17(22)15-6-3-4-7-16(15)18/h3-4,6-7,17,22H,5,8-14H2,1-2H3. The second-order valence-electron chi connectivity index (χ2n) is 6.30. The lowest BCUT2D eigenvalue weighted by Gasteiger charge is -2.32. The third-order valence-electron chi connectivity index (χ3n) is 4.36. The molecule has 1 heterocycles. The predicted molar refractivity (Wildman–Crippen MR) is 87.4 cm³/mol. The first kappa shape index (κ1) is 17.3. The summed E-state index contributed by atoms with van der Waals surface area (Å²) < 4.78 is 13.6. The molecule has 1 aliphatic rings. The lowest BCUT2D eigenvalue weighted by molar-refractivity contribution is 0.115. The summed E-state index contributed by atoms with van der Waals surface area (Å²) in [5.41, 5.74) is 0.383. The number of aliphatic hydroxyl groups is 1. The SMILES string of the molecule is CN1CCN(CCCN(C)CC(O)c2ccccc2F)CC1. The van der Waals surface area contributed by atoms with Crippen molar-refractivity contribution in [3.63, 3.8) is 0 Å². The summed E-state index contributed by atoms with van der Waals surface area (Å²) in [6.07, 6.45) is 0.305. The molecular weight excluding hydrogens is 281 g/mol. The molecule has 0 aromatic heterocycles. The third kappa shape index (κ3) is 5.32. The maximum Gasteiger partial charge on any atom is 0.129 e. The molecule has 1 aromatic rings. The number of hydrogen-bond donors (Lipinski definition) is 1. The van der Waals surface area contributed by atoms with Gasteiger partial charge in [-0.1, -0.05) is 18.2 Å². The molecular formula is C17H28FN3O. The maximum absolute atomic E-state index is 13.6. The molecule has 1 unspecified atom stereocenters. The number of rotatable bonds is 7. The molecule has 0 bridgehead atoms. The van der Waals surface area contributed by atoms with E-state index in [1.54, 1.807) is 18.2 Å². The second-order valence-corrected chi connectivity index (χ2v) is 6.30. The first-order valence-electron chi connectivity index (χ1n) is 8.08. The van der Waals surface area contributed by atoms with E-state index in [9.17, 15) is 9.50 Å². The summed E-state index contributed by atoms with van der Waals surface area (Å²) in [5.74, 6) is -0.333. The molecule has 1 aromatic carbocycles. The predicted octanol–water partition coefficient (Wildman–Crippen LogP) is 1.43. The number of benzene rings is 1. The van der Waals surface area contributed by atoms with E-state index in [1.807, 2.05) is 7.05 Å². The minimum atomic E-state index is -0.769. The van der Waals surface area contributed by atoms with Gasteiger partial charge in [-0.15, -0.1) is 0 Å². The van der Waals surface area contributed by atoms with Crippen molar-refractivity contribution in [3.8, 4) is 0 Å². The number of piperazine rings is 1. The van der Waals surface area contributed by atoms with Crippen LogP contribution in [0.15, 0.2) is 24.3 Å². The van der Waals surface area contributed by atoms with Gasteiger partial charge in [0.1, 0.15) is 5.82 Å². The zero-order valence-corrected chi connectivity index (χ0v) is 13.7.